The summed E-state index contributed by atoms with van der Waals surface area (Å²) in [5.41, 5.74) is 1.13. The van der Waals surface area contributed by atoms with E-state index in [0.717, 1.165) is 35.3 Å². The van der Waals surface area contributed by atoms with Crippen LogP contribution in [-0.4, -0.2) is 69.4 Å². The predicted molar refractivity (Wildman–Crippen MR) is 111 cm³/mol. The quantitative estimate of drug-likeness (QED) is 0.744. The lowest BCUT2D eigenvalue weighted by atomic mass is 10.1. The average molecular weight is 421 g/mol. The zero-order valence-electron chi connectivity index (χ0n) is 16.0. The minimum absolute atomic E-state index is 0.116. The van der Waals surface area contributed by atoms with E-state index in [9.17, 15) is 4.79 Å². The average Bonchev–Trinajstić information content (AvgIpc) is 3.28. The first-order valence-corrected chi connectivity index (χ1v) is 10.8. The van der Waals surface area contributed by atoms with Crippen LogP contribution in [0.2, 0.25) is 5.02 Å². The third-order valence-corrected chi connectivity index (χ3v) is 6.81. The normalized spacial score (nSPS) is 23.3. The molecule has 3 heterocycles. The maximum atomic E-state index is 13.3. The van der Waals surface area contributed by atoms with Crippen molar-refractivity contribution >= 4 is 29.3 Å². The fraction of sp³-hybridized carbons (Fsp3) is 0.500. The molecule has 1 amide bonds. The van der Waals surface area contributed by atoms with Crippen molar-refractivity contribution in [2.24, 2.45) is 7.05 Å². The molecule has 6 nitrogen and oxygen atoms in total. The van der Waals surface area contributed by atoms with Crippen LogP contribution in [-0.2, 0) is 23.1 Å². The highest BCUT2D eigenvalue weighted by atomic mass is 35.5. The maximum absolute atomic E-state index is 13.3. The molecule has 0 unspecified atom stereocenters. The van der Waals surface area contributed by atoms with E-state index >= 15 is 0 Å². The smallest absolute Gasteiger partial charge is 0.240 e. The number of thioether (sulfide) groups is 1. The molecule has 2 aliphatic rings. The van der Waals surface area contributed by atoms with Crippen molar-refractivity contribution in [2.45, 2.75) is 29.4 Å². The highest BCUT2D eigenvalue weighted by Gasteiger charge is 2.39. The summed E-state index contributed by atoms with van der Waals surface area (Å²) < 4.78 is 7.45. The lowest BCUT2D eigenvalue weighted by Gasteiger charge is -2.32. The van der Waals surface area contributed by atoms with Gasteiger partial charge in [0.2, 0.25) is 5.91 Å². The maximum Gasteiger partial charge on any atom is 0.240 e. The van der Waals surface area contributed by atoms with E-state index in [-0.39, 0.29) is 11.9 Å². The molecule has 0 bridgehead atoms. The van der Waals surface area contributed by atoms with Crippen molar-refractivity contribution in [1.82, 2.24) is 19.4 Å². The Bertz CT molecular complexity index is 824. The van der Waals surface area contributed by atoms with Gasteiger partial charge in [0, 0.05) is 55.9 Å². The number of ether oxygens (including phenoxy) is 1. The van der Waals surface area contributed by atoms with Crippen LogP contribution in [0.3, 0.4) is 0 Å². The molecular weight excluding hydrogens is 396 g/mol. The Kier molecular flexibility index (Phi) is 6.25. The van der Waals surface area contributed by atoms with E-state index in [1.54, 1.807) is 11.8 Å². The Morgan fingerprint density at radius 1 is 1.36 bits per heavy atom. The van der Waals surface area contributed by atoms with Crippen molar-refractivity contribution in [3.05, 3.63) is 47.2 Å². The SMILES string of the molecule is Cn1ccnc1S[C@@H]1C[C@@H](C(=O)N2CCOCC2)N(Cc2cccc(Cl)c2)C1. The molecule has 4 rings (SSSR count). The van der Waals surface area contributed by atoms with Crippen LogP contribution in [0, 0.1) is 0 Å². The fourth-order valence-electron chi connectivity index (χ4n) is 3.86. The van der Waals surface area contributed by atoms with Crippen molar-refractivity contribution in [3.63, 3.8) is 0 Å². The van der Waals surface area contributed by atoms with Gasteiger partial charge in [-0.25, -0.2) is 4.98 Å². The highest BCUT2D eigenvalue weighted by molar-refractivity contribution is 7.99. The van der Waals surface area contributed by atoms with Crippen molar-refractivity contribution in [1.29, 1.82) is 0 Å². The summed E-state index contributed by atoms with van der Waals surface area (Å²) in [7, 11) is 2.00. The van der Waals surface area contributed by atoms with Crippen LogP contribution in [0.15, 0.2) is 41.8 Å². The van der Waals surface area contributed by atoms with E-state index in [1.165, 1.54) is 0 Å². The molecule has 1 aromatic carbocycles. The standard InChI is InChI=1S/C20H25ClN4O2S/c1-23-6-5-22-20(23)28-17-12-18(19(26)24-7-9-27-10-8-24)25(14-17)13-15-3-2-4-16(21)11-15/h2-6,11,17-18H,7-10,12-14H2,1H3/t17-,18+/m1/s1. The predicted octanol–water partition coefficient (Wildman–Crippen LogP) is 2.67. The van der Waals surface area contributed by atoms with Gasteiger partial charge in [0.25, 0.3) is 0 Å². The summed E-state index contributed by atoms with van der Waals surface area (Å²) in [4.78, 5) is 21.9. The number of likely N-dealkylation sites (tertiary alicyclic amines) is 1. The van der Waals surface area contributed by atoms with Crippen molar-refractivity contribution in [2.75, 3.05) is 32.8 Å². The van der Waals surface area contributed by atoms with Crippen LogP contribution < -0.4 is 0 Å². The van der Waals surface area contributed by atoms with Gasteiger partial charge in [0.15, 0.2) is 5.16 Å². The number of hydrogen-bond donors (Lipinski definition) is 0. The molecular formula is C20H25ClN4O2S. The minimum atomic E-state index is -0.116. The Balaban J connectivity index is 1.51. The van der Waals surface area contributed by atoms with Gasteiger partial charge >= 0.3 is 0 Å². The molecule has 0 spiro atoms. The zero-order valence-corrected chi connectivity index (χ0v) is 17.5. The lowest BCUT2D eigenvalue weighted by Crippen LogP contribution is -2.49. The number of carbonyl (C=O) groups is 1. The molecule has 1 aromatic heterocycles. The number of aromatic nitrogens is 2. The molecule has 0 N–H and O–H groups in total. The fourth-order valence-corrected chi connectivity index (χ4v) is 5.26. The molecule has 0 aliphatic carbocycles. The Morgan fingerprint density at radius 3 is 2.89 bits per heavy atom. The molecule has 0 radical (unpaired) electrons. The number of imidazole rings is 1. The molecule has 8 heteroatoms. The number of aryl methyl sites for hydroxylation is 1. The summed E-state index contributed by atoms with van der Waals surface area (Å²) in [6.07, 6.45) is 4.60. The van der Waals surface area contributed by atoms with Crippen LogP contribution in [0.1, 0.15) is 12.0 Å². The second-order valence-electron chi connectivity index (χ2n) is 7.31. The first kappa shape index (κ1) is 19.8. The second-order valence-corrected chi connectivity index (χ2v) is 9.01. The molecule has 2 aromatic rings. The molecule has 2 atom stereocenters. The van der Waals surface area contributed by atoms with E-state index in [4.69, 9.17) is 16.3 Å². The van der Waals surface area contributed by atoms with E-state index in [1.807, 2.05) is 47.1 Å². The number of nitrogens with zero attached hydrogens (tertiary/aromatic N) is 4. The topological polar surface area (TPSA) is 50.6 Å². The Labute approximate surface area is 174 Å². The van der Waals surface area contributed by atoms with Crippen LogP contribution >= 0.6 is 23.4 Å². The van der Waals surface area contributed by atoms with Gasteiger partial charge in [-0.2, -0.15) is 0 Å². The van der Waals surface area contributed by atoms with Gasteiger partial charge in [0.05, 0.1) is 19.3 Å². The number of amides is 1. The largest absolute Gasteiger partial charge is 0.378 e. The van der Waals surface area contributed by atoms with Gasteiger partial charge in [-0.05, 0) is 24.1 Å². The molecule has 2 aliphatic heterocycles. The molecule has 2 saturated heterocycles. The summed E-state index contributed by atoms with van der Waals surface area (Å²) >= 11 is 7.93. The van der Waals surface area contributed by atoms with E-state index < -0.39 is 0 Å². The number of hydrogen-bond acceptors (Lipinski definition) is 5. The third kappa shape index (κ3) is 4.54. The number of benzene rings is 1. The zero-order chi connectivity index (χ0) is 19.5. The first-order chi connectivity index (χ1) is 13.6. The monoisotopic (exact) mass is 420 g/mol. The van der Waals surface area contributed by atoms with Gasteiger partial charge < -0.3 is 14.2 Å². The van der Waals surface area contributed by atoms with Crippen LogP contribution in [0.4, 0.5) is 0 Å². The summed E-state index contributed by atoms with van der Waals surface area (Å²) in [5.74, 6) is 0.216. The summed E-state index contributed by atoms with van der Waals surface area (Å²) in [5, 5.41) is 2.05. The van der Waals surface area contributed by atoms with Gasteiger partial charge in [-0.3, -0.25) is 9.69 Å². The molecule has 2 fully saturated rings. The van der Waals surface area contributed by atoms with E-state index in [0.29, 0.717) is 31.6 Å². The van der Waals surface area contributed by atoms with Gasteiger partial charge in [-0.15, -0.1) is 0 Å². The Morgan fingerprint density at radius 2 is 2.18 bits per heavy atom. The Hall–Kier alpha value is -1.54. The third-order valence-electron chi connectivity index (χ3n) is 5.30. The summed E-state index contributed by atoms with van der Waals surface area (Å²) in [6, 6.07) is 7.78. The number of carbonyl (C=O) groups excluding carboxylic acids is 1. The molecule has 150 valence electrons. The second kappa shape index (κ2) is 8.86. The summed E-state index contributed by atoms with van der Waals surface area (Å²) in [6.45, 7) is 4.18. The van der Waals surface area contributed by atoms with Crippen LogP contribution in [0.5, 0.6) is 0 Å². The first-order valence-electron chi connectivity index (χ1n) is 9.59. The highest BCUT2D eigenvalue weighted by Crippen LogP contribution is 2.34. The van der Waals surface area contributed by atoms with Crippen molar-refractivity contribution < 1.29 is 9.53 Å². The lowest BCUT2D eigenvalue weighted by molar-refractivity contribution is -0.140. The van der Waals surface area contributed by atoms with Crippen LogP contribution in [0.25, 0.3) is 0 Å². The van der Waals surface area contributed by atoms with Gasteiger partial charge in [0.1, 0.15) is 0 Å². The minimum Gasteiger partial charge on any atom is -0.378 e. The number of halogens is 1. The number of morpholine rings is 1. The number of rotatable bonds is 5. The molecule has 28 heavy (non-hydrogen) atoms. The van der Waals surface area contributed by atoms with Gasteiger partial charge in [-0.1, -0.05) is 35.5 Å². The van der Waals surface area contributed by atoms with E-state index in [2.05, 4.69) is 16.0 Å². The van der Waals surface area contributed by atoms with Crippen molar-refractivity contribution in [3.8, 4) is 0 Å². The molecule has 0 saturated carbocycles.